The van der Waals surface area contributed by atoms with Crippen molar-refractivity contribution in [2.45, 2.75) is 46.0 Å². The van der Waals surface area contributed by atoms with Crippen LogP contribution in [0.1, 0.15) is 43.0 Å². The monoisotopic (exact) mass is 483 g/mol. The summed E-state index contributed by atoms with van der Waals surface area (Å²) in [4.78, 5) is 29.6. The molecule has 3 aromatic rings. The van der Waals surface area contributed by atoms with E-state index in [9.17, 15) is 4.79 Å². The third-order valence-corrected chi connectivity index (χ3v) is 8.02. The van der Waals surface area contributed by atoms with E-state index < -0.39 is 0 Å². The Balaban J connectivity index is 1.36. The Kier molecular flexibility index (Phi) is 6.43. The Morgan fingerprint density at radius 1 is 1.18 bits per heavy atom. The van der Waals surface area contributed by atoms with E-state index in [4.69, 9.17) is 21.6 Å². The Bertz CT molecular complexity index is 1150. The number of halogens is 1. The fraction of sp³-hybridized carbons (Fsp3) is 0.480. The smallest absolute Gasteiger partial charge is 0.321 e. The highest BCUT2D eigenvalue weighted by Gasteiger charge is 2.28. The number of fused-ring (bicyclic) bond motifs is 3. The number of hydrogen-bond acceptors (Lipinski definition) is 5. The van der Waals surface area contributed by atoms with Crippen LogP contribution in [0.5, 0.6) is 0 Å². The van der Waals surface area contributed by atoms with Gasteiger partial charge in [0.1, 0.15) is 16.5 Å². The van der Waals surface area contributed by atoms with Crippen molar-refractivity contribution in [1.29, 1.82) is 0 Å². The third-order valence-electron chi connectivity index (χ3n) is 6.62. The van der Waals surface area contributed by atoms with E-state index in [0.29, 0.717) is 18.1 Å². The molecule has 1 fully saturated rings. The van der Waals surface area contributed by atoms with Crippen LogP contribution in [0.4, 0.5) is 16.3 Å². The van der Waals surface area contributed by atoms with Gasteiger partial charge < -0.3 is 15.1 Å². The lowest BCUT2D eigenvalue weighted by Gasteiger charge is -2.36. The molecular weight excluding hydrogens is 454 g/mol. The lowest BCUT2D eigenvalue weighted by molar-refractivity contribution is 0.208. The van der Waals surface area contributed by atoms with E-state index in [2.05, 4.69) is 24.1 Å². The lowest BCUT2D eigenvalue weighted by Crippen LogP contribution is -2.50. The van der Waals surface area contributed by atoms with Gasteiger partial charge in [0.25, 0.3) is 0 Å². The van der Waals surface area contributed by atoms with Crippen LogP contribution in [0.25, 0.3) is 10.2 Å². The first-order chi connectivity index (χ1) is 16.0. The van der Waals surface area contributed by atoms with E-state index in [1.54, 1.807) is 12.1 Å². The highest BCUT2D eigenvalue weighted by Crippen LogP contribution is 2.41. The SMILES string of the molecule is CCCc1nc(N2CCN(C(=O)Nc3ccc(Cl)cc3)CC2)c2c3c(sc2n1)CC(C)CC3. The minimum absolute atomic E-state index is 0.0709. The summed E-state index contributed by atoms with van der Waals surface area (Å²) >= 11 is 7.82. The number of nitrogens with one attached hydrogen (secondary N) is 1. The van der Waals surface area contributed by atoms with Gasteiger partial charge in [-0.25, -0.2) is 14.8 Å². The number of hydrogen-bond donors (Lipinski definition) is 1. The van der Waals surface area contributed by atoms with Gasteiger partial charge in [0.15, 0.2) is 0 Å². The molecule has 0 bridgehead atoms. The predicted octanol–water partition coefficient (Wildman–Crippen LogP) is 5.78. The van der Waals surface area contributed by atoms with Gasteiger partial charge in [-0.05, 0) is 61.4 Å². The van der Waals surface area contributed by atoms with Crippen molar-refractivity contribution in [2.24, 2.45) is 5.92 Å². The molecule has 1 N–H and O–H groups in total. The van der Waals surface area contributed by atoms with Crippen molar-refractivity contribution >= 4 is 50.7 Å². The van der Waals surface area contributed by atoms with Crippen LogP contribution in [-0.4, -0.2) is 47.1 Å². The zero-order valence-corrected chi connectivity index (χ0v) is 20.8. The van der Waals surface area contributed by atoms with Crippen LogP contribution in [0, 0.1) is 5.92 Å². The number of rotatable bonds is 4. The largest absolute Gasteiger partial charge is 0.352 e. The van der Waals surface area contributed by atoms with Crippen LogP contribution in [0.15, 0.2) is 24.3 Å². The zero-order chi connectivity index (χ0) is 22.9. The first-order valence-electron chi connectivity index (χ1n) is 11.9. The van der Waals surface area contributed by atoms with E-state index in [1.807, 2.05) is 28.4 Å². The molecule has 1 unspecified atom stereocenters. The highest BCUT2D eigenvalue weighted by atomic mass is 35.5. The molecule has 1 aliphatic carbocycles. The molecule has 1 aromatic carbocycles. The fourth-order valence-corrected chi connectivity index (χ4v) is 6.31. The molecule has 0 spiro atoms. The van der Waals surface area contributed by atoms with Gasteiger partial charge in [-0.3, -0.25) is 0 Å². The minimum atomic E-state index is -0.0709. The number of amides is 2. The van der Waals surface area contributed by atoms with Crippen LogP contribution in [0.3, 0.4) is 0 Å². The maximum absolute atomic E-state index is 12.8. The highest BCUT2D eigenvalue weighted by molar-refractivity contribution is 7.19. The van der Waals surface area contributed by atoms with Crippen LogP contribution < -0.4 is 10.2 Å². The molecule has 2 amide bonds. The molecule has 1 saturated heterocycles. The summed E-state index contributed by atoms with van der Waals surface area (Å²) in [5.41, 5.74) is 2.22. The first-order valence-corrected chi connectivity index (χ1v) is 13.1. The van der Waals surface area contributed by atoms with Crippen LogP contribution >= 0.6 is 22.9 Å². The molecule has 33 heavy (non-hydrogen) atoms. The molecule has 8 heteroatoms. The maximum Gasteiger partial charge on any atom is 0.321 e. The topological polar surface area (TPSA) is 61.4 Å². The standard InChI is InChI=1S/C25H30ClN5OS/c1-3-4-21-28-23(22-19-10-5-16(2)15-20(19)33-24(22)29-21)30-11-13-31(14-12-30)25(32)27-18-8-6-17(26)7-9-18/h6-9,16H,3-5,10-15H2,1-2H3,(H,27,32). The third kappa shape index (κ3) is 4.66. The van der Waals surface area contributed by atoms with Gasteiger partial charge in [-0.1, -0.05) is 25.4 Å². The number of carbonyl (C=O) groups is 1. The van der Waals surface area contributed by atoms with Gasteiger partial charge in [0.2, 0.25) is 0 Å². The summed E-state index contributed by atoms with van der Waals surface area (Å²) in [5, 5.41) is 4.90. The van der Waals surface area contributed by atoms with Gasteiger partial charge in [-0.15, -0.1) is 11.3 Å². The second kappa shape index (κ2) is 9.47. The van der Waals surface area contributed by atoms with Gasteiger partial charge in [0, 0.05) is 48.2 Å². The first kappa shape index (κ1) is 22.4. The summed E-state index contributed by atoms with van der Waals surface area (Å²) in [5.74, 6) is 2.75. The van der Waals surface area contributed by atoms with Crippen LogP contribution in [-0.2, 0) is 19.3 Å². The Morgan fingerprint density at radius 2 is 1.94 bits per heavy atom. The number of piperazine rings is 1. The van der Waals surface area contributed by atoms with E-state index in [1.165, 1.54) is 22.2 Å². The maximum atomic E-state index is 12.8. The number of benzene rings is 1. The average Bonchev–Trinajstić information content (AvgIpc) is 3.17. The molecule has 1 aliphatic heterocycles. The normalized spacial score (nSPS) is 18.5. The summed E-state index contributed by atoms with van der Waals surface area (Å²) in [6, 6.07) is 7.14. The predicted molar refractivity (Wildman–Crippen MR) is 137 cm³/mol. The molecule has 0 saturated carbocycles. The second-order valence-corrected chi connectivity index (χ2v) is 10.7. The van der Waals surface area contributed by atoms with Gasteiger partial charge in [-0.2, -0.15) is 0 Å². The molecule has 174 valence electrons. The quantitative estimate of drug-likeness (QED) is 0.511. The minimum Gasteiger partial charge on any atom is -0.352 e. The fourth-order valence-electron chi connectivity index (χ4n) is 4.79. The Labute approximate surface area is 204 Å². The zero-order valence-electron chi connectivity index (χ0n) is 19.2. The van der Waals surface area contributed by atoms with Crippen molar-refractivity contribution in [3.05, 3.63) is 45.6 Å². The number of thiophene rings is 1. The van der Waals surface area contributed by atoms with E-state index in [-0.39, 0.29) is 6.03 Å². The molecule has 2 aliphatic rings. The van der Waals surface area contributed by atoms with E-state index >= 15 is 0 Å². The van der Waals surface area contributed by atoms with Crippen molar-refractivity contribution in [3.8, 4) is 0 Å². The lowest BCUT2D eigenvalue weighted by atomic mass is 9.89. The molecular formula is C25H30ClN5OS. The van der Waals surface area contributed by atoms with Crippen molar-refractivity contribution in [2.75, 3.05) is 36.4 Å². The molecule has 3 heterocycles. The molecule has 1 atom stereocenters. The Hall–Kier alpha value is -2.38. The summed E-state index contributed by atoms with van der Waals surface area (Å²) in [6.45, 7) is 7.39. The summed E-state index contributed by atoms with van der Waals surface area (Å²) < 4.78 is 0. The Morgan fingerprint density at radius 3 is 2.67 bits per heavy atom. The van der Waals surface area contributed by atoms with E-state index in [0.717, 1.165) is 66.9 Å². The molecule has 6 nitrogen and oxygen atoms in total. The van der Waals surface area contributed by atoms with Gasteiger partial charge >= 0.3 is 6.03 Å². The number of anilines is 2. The van der Waals surface area contributed by atoms with Gasteiger partial charge in [0.05, 0.1) is 5.39 Å². The summed E-state index contributed by atoms with van der Waals surface area (Å²) in [6.07, 6.45) is 5.42. The number of urea groups is 1. The number of nitrogens with zero attached hydrogens (tertiary/aromatic N) is 4. The molecule has 5 rings (SSSR count). The summed E-state index contributed by atoms with van der Waals surface area (Å²) in [7, 11) is 0. The van der Waals surface area contributed by atoms with Crippen LogP contribution in [0.2, 0.25) is 5.02 Å². The molecule has 0 radical (unpaired) electrons. The number of carbonyl (C=O) groups excluding carboxylic acids is 1. The number of aromatic nitrogens is 2. The average molecular weight is 484 g/mol. The number of aryl methyl sites for hydroxylation is 2. The van der Waals surface area contributed by atoms with Crippen molar-refractivity contribution in [1.82, 2.24) is 14.9 Å². The molecule has 2 aromatic heterocycles. The van der Waals surface area contributed by atoms with Crippen molar-refractivity contribution in [3.63, 3.8) is 0 Å². The second-order valence-electron chi connectivity index (χ2n) is 9.16. The van der Waals surface area contributed by atoms with Crippen molar-refractivity contribution < 1.29 is 4.79 Å².